The number of nitrogens with zero attached hydrogens (tertiary/aromatic N) is 8. The van der Waals surface area contributed by atoms with E-state index in [2.05, 4.69) is 60.5 Å². The van der Waals surface area contributed by atoms with Crippen LogP contribution in [-0.4, -0.2) is 47.0 Å². The molecule has 0 aliphatic carbocycles. The summed E-state index contributed by atoms with van der Waals surface area (Å²) in [6.45, 7) is 4.91. The van der Waals surface area contributed by atoms with Gasteiger partial charge in [0.15, 0.2) is 5.82 Å². The standard InChI is InChI=1S/C26H27N9S/c1-18-21(6-10-28-24(18)34-13-3-9-30-34)36-25-20-4-2-12-33(20)22(16-29-25)32-14-7-26(8-15-32)17-35-19(23(26)27)5-11-31-35/h2-6,9-13,16,23H,7-8,14-15,17,27H2,1H3/t23-/m1/s1. The minimum absolute atomic E-state index is 0.0564. The van der Waals surface area contributed by atoms with Crippen molar-refractivity contribution in [2.75, 3.05) is 18.0 Å². The van der Waals surface area contributed by atoms with Crippen LogP contribution in [0.2, 0.25) is 0 Å². The normalized spacial score (nSPS) is 18.8. The van der Waals surface area contributed by atoms with Crippen molar-refractivity contribution >= 4 is 23.1 Å². The van der Waals surface area contributed by atoms with Crippen molar-refractivity contribution in [2.24, 2.45) is 11.1 Å². The first-order valence-corrected chi connectivity index (χ1v) is 13.1. The first-order valence-electron chi connectivity index (χ1n) is 12.2. The molecule has 0 bridgehead atoms. The molecule has 5 aromatic heterocycles. The number of anilines is 1. The second kappa shape index (κ2) is 8.21. The maximum absolute atomic E-state index is 6.70. The van der Waals surface area contributed by atoms with Crippen molar-refractivity contribution in [1.82, 2.24) is 33.9 Å². The minimum atomic E-state index is 0.0564. The van der Waals surface area contributed by atoms with E-state index in [0.29, 0.717) is 0 Å². The molecule has 0 unspecified atom stereocenters. The highest BCUT2D eigenvalue weighted by Crippen LogP contribution is 2.48. The summed E-state index contributed by atoms with van der Waals surface area (Å²) < 4.78 is 6.16. The smallest absolute Gasteiger partial charge is 0.157 e. The molecule has 1 spiro atoms. The topological polar surface area (TPSA) is 95.1 Å². The van der Waals surface area contributed by atoms with Gasteiger partial charge in [0.25, 0.3) is 0 Å². The van der Waals surface area contributed by atoms with Gasteiger partial charge in [-0.1, -0.05) is 11.8 Å². The number of fused-ring (bicyclic) bond motifs is 2. The first kappa shape index (κ1) is 21.6. The number of nitrogens with two attached hydrogens (primary N) is 1. The molecule has 0 aromatic carbocycles. The van der Waals surface area contributed by atoms with Gasteiger partial charge in [0, 0.05) is 66.5 Å². The van der Waals surface area contributed by atoms with Crippen LogP contribution in [0.4, 0.5) is 5.82 Å². The van der Waals surface area contributed by atoms with Crippen LogP contribution in [0.1, 0.15) is 30.1 Å². The van der Waals surface area contributed by atoms with Crippen LogP contribution in [-0.2, 0) is 6.54 Å². The van der Waals surface area contributed by atoms with Crippen molar-refractivity contribution in [2.45, 2.75) is 42.3 Å². The van der Waals surface area contributed by atoms with Crippen LogP contribution < -0.4 is 10.6 Å². The van der Waals surface area contributed by atoms with E-state index in [1.807, 2.05) is 36.9 Å². The summed E-state index contributed by atoms with van der Waals surface area (Å²) in [4.78, 5) is 13.0. The third-order valence-corrected chi connectivity index (χ3v) is 9.01. The molecule has 1 atom stereocenters. The third kappa shape index (κ3) is 3.28. The van der Waals surface area contributed by atoms with E-state index < -0.39 is 0 Å². The van der Waals surface area contributed by atoms with E-state index in [9.17, 15) is 0 Å². The van der Waals surface area contributed by atoms with Gasteiger partial charge in [-0.2, -0.15) is 10.2 Å². The lowest BCUT2D eigenvalue weighted by atomic mass is 9.73. The van der Waals surface area contributed by atoms with Crippen LogP contribution in [0, 0.1) is 12.3 Å². The van der Waals surface area contributed by atoms with E-state index in [0.717, 1.165) is 65.1 Å². The Labute approximate surface area is 213 Å². The fourth-order valence-corrected chi connectivity index (χ4v) is 6.72. The number of aromatic nitrogens is 7. The second-order valence-electron chi connectivity index (χ2n) is 9.74. The molecule has 0 radical (unpaired) electrons. The second-order valence-corrected chi connectivity index (χ2v) is 10.8. The SMILES string of the molecule is Cc1c(Sc2ncc(N3CCC4(CC3)Cn3nccc3[C@H]4N)n3cccc23)ccnc1-n1cccn1. The molecule has 2 aliphatic rings. The molecule has 7 rings (SSSR count). The summed E-state index contributed by atoms with van der Waals surface area (Å²) in [7, 11) is 0. The number of hydrogen-bond acceptors (Lipinski definition) is 7. The van der Waals surface area contributed by atoms with E-state index in [4.69, 9.17) is 10.7 Å². The quantitative estimate of drug-likeness (QED) is 0.403. The van der Waals surface area contributed by atoms with Crippen LogP contribution in [0.15, 0.2) is 77.4 Å². The number of pyridine rings is 1. The van der Waals surface area contributed by atoms with Gasteiger partial charge in [-0.3, -0.25) is 9.08 Å². The molecule has 0 saturated carbocycles. The van der Waals surface area contributed by atoms with Crippen molar-refractivity contribution < 1.29 is 0 Å². The maximum atomic E-state index is 6.70. The Balaban J connectivity index is 1.15. The summed E-state index contributed by atoms with van der Waals surface area (Å²) in [5.41, 5.74) is 10.1. The number of hydrogen-bond donors (Lipinski definition) is 1. The van der Waals surface area contributed by atoms with Crippen molar-refractivity contribution in [1.29, 1.82) is 0 Å². The Morgan fingerprint density at radius 2 is 1.89 bits per heavy atom. The molecule has 0 amide bonds. The summed E-state index contributed by atoms with van der Waals surface area (Å²) >= 11 is 1.67. The molecule has 1 fully saturated rings. The lowest BCUT2D eigenvalue weighted by molar-refractivity contribution is 0.170. The fourth-order valence-electron chi connectivity index (χ4n) is 5.76. The highest BCUT2D eigenvalue weighted by molar-refractivity contribution is 7.99. The molecule has 182 valence electrons. The average Bonchev–Trinajstić information content (AvgIpc) is 3.69. The van der Waals surface area contributed by atoms with Gasteiger partial charge in [0.2, 0.25) is 0 Å². The molecule has 9 nitrogen and oxygen atoms in total. The zero-order valence-electron chi connectivity index (χ0n) is 20.0. The van der Waals surface area contributed by atoms with Crippen LogP contribution in [0.25, 0.3) is 11.3 Å². The van der Waals surface area contributed by atoms with E-state index in [1.54, 1.807) is 22.6 Å². The Morgan fingerprint density at radius 3 is 2.69 bits per heavy atom. The molecular formula is C26H27N9S. The number of piperidine rings is 1. The summed E-state index contributed by atoms with van der Waals surface area (Å²) in [5.74, 6) is 1.96. The predicted molar refractivity (Wildman–Crippen MR) is 138 cm³/mol. The van der Waals surface area contributed by atoms with Gasteiger partial charge in [-0.05, 0) is 50.1 Å². The molecule has 10 heteroatoms. The summed E-state index contributed by atoms with van der Waals surface area (Å²) in [5, 5.41) is 9.80. The molecule has 7 heterocycles. The predicted octanol–water partition coefficient (Wildman–Crippen LogP) is 3.87. The zero-order valence-corrected chi connectivity index (χ0v) is 20.8. The molecule has 2 aliphatic heterocycles. The largest absolute Gasteiger partial charge is 0.356 e. The number of rotatable bonds is 4. The Bertz CT molecular complexity index is 1540. The van der Waals surface area contributed by atoms with Gasteiger partial charge in [0.1, 0.15) is 10.8 Å². The maximum Gasteiger partial charge on any atom is 0.157 e. The van der Waals surface area contributed by atoms with Crippen LogP contribution in [0.3, 0.4) is 0 Å². The van der Waals surface area contributed by atoms with Gasteiger partial charge < -0.3 is 10.6 Å². The van der Waals surface area contributed by atoms with E-state index >= 15 is 0 Å². The van der Waals surface area contributed by atoms with Crippen molar-refractivity contribution in [3.63, 3.8) is 0 Å². The monoisotopic (exact) mass is 497 g/mol. The Morgan fingerprint density at radius 1 is 1.00 bits per heavy atom. The molecule has 2 N–H and O–H groups in total. The lowest BCUT2D eigenvalue weighted by Crippen LogP contribution is -2.45. The molecule has 5 aromatic rings. The minimum Gasteiger partial charge on any atom is -0.356 e. The summed E-state index contributed by atoms with van der Waals surface area (Å²) in [6, 6.07) is 10.3. The fraction of sp³-hybridized carbons (Fsp3) is 0.308. The first-order chi connectivity index (χ1) is 17.6. The van der Waals surface area contributed by atoms with Crippen LogP contribution >= 0.6 is 11.8 Å². The van der Waals surface area contributed by atoms with Gasteiger partial charge in [-0.15, -0.1) is 0 Å². The van der Waals surface area contributed by atoms with E-state index in [-0.39, 0.29) is 11.5 Å². The Hall–Kier alpha value is -3.63. The summed E-state index contributed by atoms with van der Waals surface area (Å²) in [6.07, 6.45) is 13.6. The van der Waals surface area contributed by atoms with Crippen molar-refractivity contribution in [3.05, 3.63) is 78.8 Å². The van der Waals surface area contributed by atoms with Crippen molar-refractivity contribution in [3.8, 4) is 5.82 Å². The zero-order chi connectivity index (χ0) is 24.3. The molecule has 1 saturated heterocycles. The van der Waals surface area contributed by atoms with E-state index in [1.165, 1.54) is 5.69 Å². The van der Waals surface area contributed by atoms with Gasteiger partial charge in [-0.25, -0.2) is 14.6 Å². The highest BCUT2D eigenvalue weighted by atomic mass is 32.2. The lowest BCUT2D eigenvalue weighted by Gasteiger charge is -2.42. The van der Waals surface area contributed by atoms with Gasteiger partial charge >= 0.3 is 0 Å². The van der Waals surface area contributed by atoms with Gasteiger partial charge in [0.05, 0.1) is 23.4 Å². The molecular weight excluding hydrogens is 470 g/mol. The third-order valence-electron chi connectivity index (χ3n) is 7.84. The molecule has 36 heavy (non-hydrogen) atoms. The highest BCUT2D eigenvalue weighted by Gasteiger charge is 2.47. The average molecular weight is 498 g/mol. The Kier molecular flexibility index (Phi) is 4.93. The van der Waals surface area contributed by atoms with Crippen LogP contribution in [0.5, 0.6) is 0 Å².